The minimum absolute atomic E-state index is 0.0591. The van der Waals surface area contributed by atoms with Gasteiger partial charge in [-0.05, 0) is 24.3 Å². The largest absolute Gasteiger partial charge is 0.388 e. The minimum Gasteiger partial charge on any atom is -0.388 e. The summed E-state index contributed by atoms with van der Waals surface area (Å²) < 4.78 is 26.0. The monoisotopic (exact) mass is 308 g/mol. The predicted molar refractivity (Wildman–Crippen MR) is 80.0 cm³/mol. The SMILES string of the molecule is CN(c1cccnc1)S(=O)(=O)c1ccc(C(N)=S)nc1. The van der Waals surface area contributed by atoms with Gasteiger partial charge in [-0.3, -0.25) is 14.3 Å². The smallest absolute Gasteiger partial charge is 0.265 e. The van der Waals surface area contributed by atoms with Gasteiger partial charge in [-0.15, -0.1) is 0 Å². The molecule has 0 amide bonds. The average Bonchev–Trinajstić information content (AvgIpc) is 2.47. The molecule has 0 aliphatic rings. The lowest BCUT2D eigenvalue weighted by atomic mass is 10.3. The summed E-state index contributed by atoms with van der Waals surface area (Å²) in [6.07, 6.45) is 4.27. The quantitative estimate of drug-likeness (QED) is 0.845. The van der Waals surface area contributed by atoms with Crippen molar-refractivity contribution in [1.29, 1.82) is 0 Å². The Bertz CT molecular complexity index is 715. The van der Waals surface area contributed by atoms with Crippen LogP contribution >= 0.6 is 12.2 Å². The zero-order valence-corrected chi connectivity index (χ0v) is 12.2. The number of thiocarbonyl (C=S) groups is 1. The van der Waals surface area contributed by atoms with E-state index in [0.717, 1.165) is 4.31 Å². The van der Waals surface area contributed by atoms with E-state index in [1.165, 1.54) is 31.6 Å². The molecule has 8 heteroatoms. The van der Waals surface area contributed by atoms with Gasteiger partial charge in [-0.1, -0.05) is 12.2 Å². The van der Waals surface area contributed by atoms with Gasteiger partial charge in [-0.2, -0.15) is 0 Å². The summed E-state index contributed by atoms with van der Waals surface area (Å²) in [4.78, 5) is 8.01. The summed E-state index contributed by atoms with van der Waals surface area (Å²) in [5, 5.41) is 0. The van der Waals surface area contributed by atoms with Gasteiger partial charge in [0.1, 0.15) is 9.88 Å². The molecule has 0 saturated heterocycles. The third-order valence-corrected chi connectivity index (χ3v) is 4.63. The fraction of sp³-hybridized carbons (Fsp3) is 0.0833. The number of nitrogens with zero attached hydrogens (tertiary/aromatic N) is 3. The molecular weight excluding hydrogens is 296 g/mol. The van der Waals surface area contributed by atoms with Crippen molar-refractivity contribution in [2.45, 2.75) is 4.90 Å². The summed E-state index contributed by atoms with van der Waals surface area (Å²) in [7, 11) is -2.24. The van der Waals surface area contributed by atoms with E-state index in [1.807, 2.05) is 0 Å². The van der Waals surface area contributed by atoms with Gasteiger partial charge in [0.2, 0.25) is 0 Å². The molecule has 0 spiro atoms. The van der Waals surface area contributed by atoms with E-state index >= 15 is 0 Å². The van der Waals surface area contributed by atoms with Crippen LogP contribution in [0.4, 0.5) is 5.69 Å². The van der Waals surface area contributed by atoms with E-state index < -0.39 is 10.0 Å². The van der Waals surface area contributed by atoms with Crippen LogP contribution in [0.1, 0.15) is 5.69 Å². The summed E-state index contributed by atoms with van der Waals surface area (Å²) in [5.74, 6) is 0. The Morgan fingerprint density at radius 2 is 2.05 bits per heavy atom. The van der Waals surface area contributed by atoms with Crippen LogP contribution in [-0.2, 0) is 10.0 Å². The first kappa shape index (κ1) is 14.4. The molecule has 2 heterocycles. The van der Waals surface area contributed by atoms with Crippen molar-refractivity contribution < 1.29 is 8.42 Å². The molecule has 2 aromatic rings. The summed E-state index contributed by atoms with van der Waals surface area (Å²) in [5.41, 5.74) is 6.27. The molecule has 6 nitrogen and oxygen atoms in total. The van der Waals surface area contributed by atoms with E-state index in [1.54, 1.807) is 18.3 Å². The first-order valence-electron chi connectivity index (χ1n) is 5.58. The molecule has 2 aromatic heterocycles. The summed E-state index contributed by atoms with van der Waals surface area (Å²) >= 11 is 4.77. The van der Waals surface area contributed by atoms with Gasteiger partial charge < -0.3 is 5.73 Å². The van der Waals surface area contributed by atoms with Crippen molar-refractivity contribution in [3.05, 3.63) is 48.5 Å². The summed E-state index contributed by atoms with van der Waals surface area (Å²) in [6, 6.07) is 6.22. The average molecular weight is 308 g/mol. The Morgan fingerprint density at radius 1 is 1.30 bits per heavy atom. The van der Waals surface area contributed by atoms with Crippen molar-refractivity contribution in [3.63, 3.8) is 0 Å². The molecule has 2 N–H and O–H groups in total. The molecule has 2 rings (SSSR count). The van der Waals surface area contributed by atoms with Gasteiger partial charge in [0.05, 0.1) is 17.6 Å². The molecular formula is C12H12N4O2S2. The molecule has 0 atom stereocenters. The molecule has 20 heavy (non-hydrogen) atoms. The van der Waals surface area contributed by atoms with E-state index in [9.17, 15) is 8.42 Å². The molecule has 0 fully saturated rings. The molecule has 0 unspecified atom stereocenters. The number of sulfonamides is 1. The molecule has 0 aliphatic carbocycles. The first-order chi connectivity index (χ1) is 9.43. The van der Waals surface area contributed by atoms with Crippen LogP contribution in [0, 0.1) is 0 Å². The number of anilines is 1. The number of aromatic nitrogens is 2. The normalized spacial score (nSPS) is 11.1. The third-order valence-electron chi connectivity index (χ3n) is 2.66. The van der Waals surface area contributed by atoms with Gasteiger partial charge in [-0.25, -0.2) is 8.42 Å². The zero-order valence-electron chi connectivity index (χ0n) is 10.6. The van der Waals surface area contributed by atoms with Crippen molar-refractivity contribution in [2.75, 3.05) is 11.4 Å². The number of pyridine rings is 2. The fourth-order valence-electron chi connectivity index (χ4n) is 1.52. The van der Waals surface area contributed by atoms with Crippen LogP contribution in [0.25, 0.3) is 0 Å². The van der Waals surface area contributed by atoms with Gasteiger partial charge in [0.25, 0.3) is 10.0 Å². The van der Waals surface area contributed by atoms with Crippen LogP contribution in [0.15, 0.2) is 47.8 Å². The maximum absolute atomic E-state index is 12.4. The molecule has 0 radical (unpaired) electrons. The van der Waals surface area contributed by atoms with Crippen LogP contribution in [0.3, 0.4) is 0 Å². The highest BCUT2D eigenvalue weighted by Gasteiger charge is 2.21. The Hall–Kier alpha value is -2.06. The molecule has 0 aliphatic heterocycles. The van der Waals surface area contributed by atoms with Crippen molar-refractivity contribution >= 4 is 32.9 Å². The second-order valence-electron chi connectivity index (χ2n) is 3.93. The zero-order chi connectivity index (χ0) is 14.8. The van der Waals surface area contributed by atoms with E-state index in [-0.39, 0.29) is 9.88 Å². The predicted octanol–water partition coefficient (Wildman–Crippen LogP) is 0.936. The van der Waals surface area contributed by atoms with Crippen LogP contribution in [0.5, 0.6) is 0 Å². The van der Waals surface area contributed by atoms with E-state index in [0.29, 0.717) is 11.4 Å². The highest BCUT2D eigenvalue weighted by atomic mass is 32.2. The fourth-order valence-corrected chi connectivity index (χ4v) is 2.76. The Labute approximate surface area is 122 Å². The van der Waals surface area contributed by atoms with Gasteiger partial charge >= 0.3 is 0 Å². The standard InChI is InChI=1S/C12H12N4O2S2/c1-16(9-3-2-6-14-7-9)20(17,18)10-4-5-11(12(13)19)15-8-10/h2-8H,1H3,(H2,13,19). The van der Waals surface area contributed by atoms with Crippen LogP contribution in [-0.4, -0.2) is 30.4 Å². The van der Waals surface area contributed by atoms with E-state index in [4.69, 9.17) is 18.0 Å². The van der Waals surface area contributed by atoms with E-state index in [2.05, 4.69) is 9.97 Å². The number of hydrogen-bond acceptors (Lipinski definition) is 5. The highest BCUT2D eigenvalue weighted by molar-refractivity contribution is 7.92. The Balaban J connectivity index is 2.37. The molecule has 0 aromatic carbocycles. The lowest BCUT2D eigenvalue weighted by Gasteiger charge is -2.18. The van der Waals surface area contributed by atoms with Gasteiger partial charge in [0, 0.05) is 19.4 Å². The topological polar surface area (TPSA) is 89.2 Å². The van der Waals surface area contributed by atoms with Crippen molar-refractivity contribution in [3.8, 4) is 0 Å². The highest BCUT2D eigenvalue weighted by Crippen LogP contribution is 2.20. The van der Waals surface area contributed by atoms with Crippen molar-refractivity contribution in [2.24, 2.45) is 5.73 Å². The second-order valence-corrected chi connectivity index (χ2v) is 6.34. The maximum Gasteiger partial charge on any atom is 0.265 e. The maximum atomic E-state index is 12.4. The molecule has 0 bridgehead atoms. The van der Waals surface area contributed by atoms with Crippen LogP contribution < -0.4 is 10.0 Å². The number of rotatable bonds is 4. The first-order valence-corrected chi connectivity index (χ1v) is 7.42. The third kappa shape index (κ3) is 2.75. The Morgan fingerprint density at radius 3 is 2.55 bits per heavy atom. The van der Waals surface area contributed by atoms with Gasteiger partial charge in [0.15, 0.2) is 0 Å². The number of hydrogen-bond donors (Lipinski definition) is 1. The second kappa shape index (κ2) is 5.51. The van der Waals surface area contributed by atoms with Crippen LogP contribution in [0.2, 0.25) is 0 Å². The lowest BCUT2D eigenvalue weighted by molar-refractivity contribution is 0.594. The molecule has 0 saturated carbocycles. The number of nitrogens with two attached hydrogens (primary N) is 1. The van der Waals surface area contributed by atoms with Crippen molar-refractivity contribution in [1.82, 2.24) is 9.97 Å². The lowest BCUT2D eigenvalue weighted by Crippen LogP contribution is -2.27. The minimum atomic E-state index is -3.69. The summed E-state index contributed by atoms with van der Waals surface area (Å²) in [6.45, 7) is 0. The molecule has 104 valence electrons. The Kier molecular flexibility index (Phi) is 3.96.